The molecule has 132 valence electrons. The molecule has 2 aliphatic heterocycles. The van der Waals surface area contributed by atoms with Crippen molar-refractivity contribution in [1.29, 1.82) is 0 Å². The average Bonchev–Trinajstić information content (AvgIpc) is 3.09. The van der Waals surface area contributed by atoms with E-state index >= 15 is 0 Å². The lowest BCUT2D eigenvalue weighted by Gasteiger charge is -2.19. The van der Waals surface area contributed by atoms with Crippen LogP contribution in [0.2, 0.25) is 0 Å². The number of allylic oxidation sites excluding steroid dienone is 1. The normalized spacial score (nSPS) is 40.7. The van der Waals surface area contributed by atoms with Crippen LogP contribution in [0, 0.1) is 5.92 Å². The summed E-state index contributed by atoms with van der Waals surface area (Å²) in [7, 11) is 0. The van der Waals surface area contributed by atoms with Crippen LogP contribution in [0.15, 0.2) is 35.5 Å². The van der Waals surface area contributed by atoms with Crippen LogP contribution in [0.4, 0.5) is 0 Å². The zero-order valence-corrected chi connectivity index (χ0v) is 14.9. The first-order chi connectivity index (χ1) is 11.3. The van der Waals surface area contributed by atoms with Gasteiger partial charge in [0.2, 0.25) is 0 Å². The van der Waals surface area contributed by atoms with Crippen molar-refractivity contribution >= 4 is 5.97 Å². The van der Waals surface area contributed by atoms with E-state index in [1.54, 1.807) is 0 Å². The fraction of sp³-hybridized carbons (Fsp3) is 0.650. The number of aliphatic hydroxyl groups excluding tert-OH is 1. The molecule has 2 heterocycles. The van der Waals surface area contributed by atoms with Crippen LogP contribution < -0.4 is 0 Å². The Balaban J connectivity index is 1.81. The first-order valence-electron chi connectivity index (χ1n) is 8.88. The number of hydrogen-bond donors (Lipinski definition) is 1. The van der Waals surface area contributed by atoms with E-state index in [9.17, 15) is 9.90 Å². The third-order valence-electron chi connectivity index (χ3n) is 5.77. The lowest BCUT2D eigenvalue weighted by atomic mass is 9.85. The van der Waals surface area contributed by atoms with E-state index in [-0.39, 0.29) is 29.7 Å². The molecule has 0 aromatic carbocycles. The zero-order valence-electron chi connectivity index (χ0n) is 14.9. The smallest absolute Gasteiger partial charge is 0.334 e. The van der Waals surface area contributed by atoms with Crippen molar-refractivity contribution in [3.63, 3.8) is 0 Å². The van der Waals surface area contributed by atoms with Crippen molar-refractivity contribution in [1.82, 2.24) is 0 Å². The van der Waals surface area contributed by atoms with Gasteiger partial charge >= 0.3 is 5.97 Å². The molecule has 5 atom stereocenters. The molecule has 3 aliphatic rings. The van der Waals surface area contributed by atoms with E-state index in [2.05, 4.69) is 25.7 Å². The van der Waals surface area contributed by atoms with Crippen molar-refractivity contribution in [2.75, 3.05) is 0 Å². The van der Waals surface area contributed by atoms with E-state index in [1.807, 2.05) is 13.8 Å². The van der Waals surface area contributed by atoms with Gasteiger partial charge in [-0.25, -0.2) is 4.79 Å². The first kappa shape index (κ1) is 17.4. The Kier molecular flexibility index (Phi) is 4.71. The zero-order chi connectivity index (χ0) is 17.5. The number of carbonyl (C=O) groups excluding carboxylic acids is 1. The average molecular weight is 332 g/mol. The Labute approximate surface area is 144 Å². The van der Waals surface area contributed by atoms with Gasteiger partial charge in [0.1, 0.15) is 6.10 Å². The van der Waals surface area contributed by atoms with Crippen LogP contribution in [0.5, 0.6) is 0 Å². The highest BCUT2D eigenvalue weighted by Crippen LogP contribution is 2.47. The summed E-state index contributed by atoms with van der Waals surface area (Å²) in [5, 5.41) is 10.3. The van der Waals surface area contributed by atoms with Crippen LogP contribution in [0.3, 0.4) is 0 Å². The van der Waals surface area contributed by atoms with Crippen LogP contribution in [-0.2, 0) is 14.3 Å². The Hall–Kier alpha value is -1.39. The van der Waals surface area contributed by atoms with Gasteiger partial charge in [-0.15, -0.1) is 0 Å². The van der Waals surface area contributed by atoms with Crippen LogP contribution in [-0.4, -0.2) is 35.0 Å². The van der Waals surface area contributed by atoms with E-state index < -0.39 is 6.10 Å². The molecule has 0 aromatic heterocycles. The number of carbonyl (C=O) groups is 1. The molecular formula is C20H28O4. The van der Waals surface area contributed by atoms with Crippen molar-refractivity contribution in [3.8, 4) is 0 Å². The highest BCUT2D eigenvalue weighted by molar-refractivity contribution is 5.90. The van der Waals surface area contributed by atoms with Gasteiger partial charge in [0.15, 0.2) is 0 Å². The minimum absolute atomic E-state index is 0.0258. The molecule has 4 nitrogen and oxygen atoms in total. The third kappa shape index (κ3) is 3.50. The number of epoxide rings is 1. The molecule has 0 amide bonds. The quantitative estimate of drug-likeness (QED) is 0.319. The lowest BCUT2D eigenvalue weighted by molar-refractivity contribution is -0.139. The number of esters is 1. The first-order valence-corrected chi connectivity index (χ1v) is 8.88. The Bertz CT molecular complexity index is 603. The Morgan fingerprint density at radius 1 is 1.33 bits per heavy atom. The van der Waals surface area contributed by atoms with Gasteiger partial charge in [-0.05, 0) is 52.0 Å². The molecule has 0 saturated carbocycles. The van der Waals surface area contributed by atoms with E-state index in [1.165, 1.54) is 0 Å². The summed E-state index contributed by atoms with van der Waals surface area (Å²) in [6.07, 6.45) is 7.61. The van der Waals surface area contributed by atoms with Gasteiger partial charge in [-0.2, -0.15) is 0 Å². The molecule has 4 heteroatoms. The van der Waals surface area contributed by atoms with Crippen molar-refractivity contribution in [2.24, 2.45) is 5.92 Å². The summed E-state index contributed by atoms with van der Waals surface area (Å²) >= 11 is 0. The molecule has 1 aliphatic carbocycles. The van der Waals surface area contributed by atoms with E-state index in [0.29, 0.717) is 18.4 Å². The predicted molar refractivity (Wildman–Crippen MR) is 92.4 cm³/mol. The largest absolute Gasteiger partial charge is 0.458 e. The van der Waals surface area contributed by atoms with Gasteiger partial charge < -0.3 is 14.6 Å². The lowest BCUT2D eigenvalue weighted by Crippen LogP contribution is -2.21. The van der Waals surface area contributed by atoms with Crippen molar-refractivity contribution in [3.05, 3.63) is 35.5 Å². The predicted octanol–water partition coefficient (Wildman–Crippen LogP) is 3.46. The SMILES string of the molecule is C=C1C(=O)O[C@H]2CC(C)=CC[C@H](O)C(C)=CCC[C@]3(C)O[C@H]3C[C@H]12. The molecule has 2 saturated heterocycles. The second kappa shape index (κ2) is 6.49. The topological polar surface area (TPSA) is 59.1 Å². The Morgan fingerprint density at radius 2 is 2.08 bits per heavy atom. The summed E-state index contributed by atoms with van der Waals surface area (Å²) < 4.78 is 11.5. The monoisotopic (exact) mass is 332 g/mol. The molecule has 3 rings (SSSR count). The van der Waals surface area contributed by atoms with Crippen LogP contribution >= 0.6 is 0 Å². The molecule has 0 aromatic rings. The summed E-state index contributed by atoms with van der Waals surface area (Å²) in [6, 6.07) is 0. The number of hydrogen-bond acceptors (Lipinski definition) is 4. The molecule has 24 heavy (non-hydrogen) atoms. The number of aliphatic hydroxyl groups is 1. The van der Waals surface area contributed by atoms with Gasteiger partial charge in [0, 0.05) is 17.9 Å². The summed E-state index contributed by atoms with van der Waals surface area (Å²) in [4.78, 5) is 12.0. The fourth-order valence-electron chi connectivity index (χ4n) is 3.81. The second-order valence-corrected chi connectivity index (χ2v) is 7.72. The summed E-state index contributed by atoms with van der Waals surface area (Å²) in [6.45, 7) is 10.1. The van der Waals surface area contributed by atoms with E-state index in [0.717, 1.165) is 30.4 Å². The number of fused-ring (bicyclic) bond motifs is 2. The minimum atomic E-state index is -0.455. The molecular weight excluding hydrogens is 304 g/mol. The maximum atomic E-state index is 12.0. The van der Waals surface area contributed by atoms with E-state index in [4.69, 9.17) is 9.47 Å². The maximum absolute atomic E-state index is 12.0. The van der Waals surface area contributed by atoms with Crippen molar-refractivity contribution in [2.45, 2.75) is 76.8 Å². The molecule has 0 spiro atoms. The summed E-state index contributed by atoms with van der Waals surface area (Å²) in [5.74, 6) is -0.250. The Morgan fingerprint density at radius 3 is 2.83 bits per heavy atom. The molecule has 1 N–H and O–H groups in total. The van der Waals surface area contributed by atoms with Gasteiger partial charge in [-0.1, -0.05) is 24.3 Å². The van der Waals surface area contributed by atoms with Gasteiger partial charge in [0.05, 0.1) is 17.8 Å². The summed E-state index contributed by atoms with van der Waals surface area (Å²) in [5.41, 5.74) is 2.59. The molecule has 0 bridgehead atoms. The second-order valence-electron chi connectivity index (χ2n) is 7.72. The fourth-order valence-corrected chi connectivity index (χ4v) is 3.81. The molecule has 2 fully saturated rings. The molecule has 0 unspecified atom stereocenters. The molecule has 0 radical (unpaired) electrons. The number of ether oxygens (including phenoxy) is 2. The highest BCUT2D eigenvalue weighted by Gasteiger charge is 2.54. The van der Waals surface area contributed by atoms with Crippen molar-refractivity contribution < 1.29 is 19.4 Å². The van der Waals surface area contributed by atoms with Crippen LogP contribution in [0.25, 0.3) is 0 Å². The van der Waals surface area contributed by atoms with Gasteiger partial charge in [0.25, 0.3) is 0 Å². The third-order valence-corrected chi connectivity index (χ3v) is 5.77. The number of rotatable bonds is 0. The minimum Gasteiger partial charge on any atom is -0.458 e. The highest BCUT2D eigenvalue weighted by atomic mass is 16.6. The van der Waals surface area contributed by atoms with Gasteiger partial charge in [-0.3, -0.25) is 0 Å². The maximum Gasteiger partial charge on any atom is 0.334 e. The van der Waals surface area contributed by atoms with Crippen LogP contribution in [0.1, 0.15) is 52.9 Å². The standard InChI is InChI=1S/C20H28O4/c1-12-7-8-16(21)13(2)6-5-9-20(4)18(24-20)11-15-14(3)19(22)23-17(15)10-12/h6-7,15-18,21H,3,5,8-11H2,1-2,4H3/t15-,16+,17+,18+,20+/m1/s1.